The number of benzene rings is 1. The highest BCUT2D eigenvalue weighted by atomic mass is 32.2. The molecule has 0 saturated heterocycles. The minimum atomic E-state index is -4.40. The molecule has 0 amide bonds. The lowest BCUT2D eigenvalue weighted by Crippen LogP contribution is -2.40. The molecule has 0 bridgehead atoms. The molecule has 2 unspecified atom stereocenters. The Morgan fingerprint density at radius 3 is 2.45 bits per heavy atom. The molecule has 2 N–H and O–H groups in total. The van der Waals surface area contributed by atoms with E-state index in [-0.39, 0.29) is 18.2 Å². The van der Waals surface area contributed by atoms with Crippen molar-refractivity contribution in [3.05, 3.63) is 35.4 Å². The summed E-state index contributed by atoms with van der Waals surface area (Å²) in [5, 5.41) is 13.5. The molecule has 1 aromatic rings. The molecule has 114 valence electrons. The number of alkyl halides is 3. The van der Waals surface area contributed by atoms with Crippen LogP contribution in [0.25, 0.3) is 0 Å². The van der Waals surface area contributed by atoms with Gasteiger partial charge in [-0.05, 0) is 37.8 Å². The number of thioether (sulfide) groups is 1. The molecule has 20 heavy (non-hydrogen) atoms. The molecule has 0 aliphatic carbocycles. The van der Waals surface area contributed by atoms with Crippen LogP contribution < -0.4 is 5.32 Å². The molecule has 6 heteroatoms. The molecule has 0 spiro atoms. The van der Waals surface area contributed by atoms with Gasteiger partial charge in [-0.2, -0.15) is 24.9 Å². The highest BCUT2D eigenvalue weighted by molar-refractivity contribution is 7.98. The van der Waals surface area contributed by atoms with E-state index in [4.69, 9.17) is 0 Å². The van der Waals surface area contributed by atoms with Crippen molar-refractivity contribution < 1.29 is 18.3 Å². The van der Waals surface area contributed by atoms with Crippen LogP contribution in [0.2, 0.25) is 0 Å². The van der Waals surface area contributed by atoms with E-state index in [1.54, 1.807) is 11.8 Å². The van der Waals surface area contributed by atoms with Crippen LogP contribution in [-0.4, -0.2) is 29.7 Å². The fraction of sp³-hybridized carbons (Fsp3) is 0.571. The van der Waals surface area contributed by atoms with Gasteiger partial charge in [-0.25, -0.2) is 0 Å². The van der Waals surface area contributed by atoms with E-state index in [2.05, 4.69) is 5.32 Å². The van der Waals surface area contributed by atoms with Crippen molar-refractivity contribution in [2.24, 2.45) is 0 Å². The Bertz CT molecular complexity index is 435. The Kier molecular flexibility index (Phi) is 5.91. The van der Waals surface area contributed by atoms with Gasteiger partial charge in [0.2, 0.25) is 0 Å². The molecule has 2 atom stereocenters. The predicted octanol–water partition coefficient (Wildman–Crippen LogP) is 3.25. The van der Waals surface area contributed by atoms with Crippen molar-refractivity contribution in [3.8, 4) is 0 Å². The van der Waals surface area contributed by atoms with Gasteiger partial charge >= 0.3 is 6.18 Å². The summed E-state index contributed by atoms with van der Waals surface area (Å²) in [4.78, 5) is 0. The van der Waals surface area contributed by atoms with Gasteiger partial charge < -0.3 is 10.4 Å². The van der Waals surface area contributed by atoms with Crippen molar-refractivity contribution in [1.29, 1.82) is 0 Å². The minimum absolute atomic E-state index is 0.183. The zero-order valence-electron chi connectivity index (χ0n) is 11.8. The highest BCUT2D eigenvalue weighted by Crippen LogP contribution is 2.31. The lowest BCUT2D eigenvalue weighted by Gasteiger charge is -2.27. The van der Waals surface area contributed by atoms with Crippen LogP contribution in [0, 0.1) is 0 Å². The van der Waals surface area contributed by atoms with Gasteiger partial charge in [-0.15, -0.1) is 0 Å². The summed E-state index contributed by atoms with van der Waals surface area (Å²) in [5.41, 5.74) is -1.82. The average molecular weight is 307 g/mol. The standard InChI is InChI=1S/C14H20F3NOS/c1-10(8-20-3)18-9-13(2,19)11-5-4-6-12(7-11)14(15,16)17/h4-7,10,18-19H,8-9H2,1-3H3. The first-order valence-corrected chi connectivity index (χ1v) is 7.68. The van der Waals surface area contributed by atoms with Crippen LogP contribution >= 0.6 is 11.8 Å². The summed E-state index contributed by atoms with van der Waals surface area (Å²) in [6.07, 6.45) is -2.42. The van der Waals surface area contributed by atoms with E-state index in [1.807, 2.05) is 13.2 Å². The van der Waals surface area contributed by atoms with E-state index in [1.165, 1.54) is 19.1 Å². The van der Waals surface area contributed by atoms with Crippen molar-refractivity contribution in [2.45, 2.75) is 31.7 Å². The van der Waals surface area contributed by atoms with Crippen LogP contribution in [0.4, 0.5) is 13.2 Å². The van der Waals surface area contributed by atoms with Crippen molar-refractivity contribution in [3.63, 3.8) is 0 Å². The van der Waals surface area contributed by atoms with E-state index < -0.39 is 17.3 Å². The first-order valence-electron chi connectivity index (χ1n) is 6.29. The maximum atomic E-state index is 12.7. The average Bonchev–Trinajstić information content (AvgIpc) is 2.36. The SMILES string of the molecule is CSCC(C)NCC(C)(O)c1cccc(C(F)(F)F)c1. The van der Waals surface area contributed by atoms with Crippen molar-refractivity contribution >= 4 is 11.8 Å². The van der Waals surface area contributed by atoms with E-state index in [0.717, 1.165) is 17.9 Å². The van der Waals surface area contributed by atoms with Crippen LogP contribution in [0.1, 0.15) is 25.0 Å². The fourth-order valence-corrected chi connectivity index (χ4v) is 2.43. The Labute approximate surface area is 121 Å². The third-order valence-electron chi connectivity index (χ3n) is 3.02. The Morgan fingerprint density at radius 1 is 1.30 bits per heavy atom. The van der Waals surface area contributed by atoms with Crippen LogP contribution in [0.3, 0.4) is 0 Å². The predicted molar refractivity (Wildman–Crippen MR) is 76.9 cm³/mol. The van der Waals surface area contributed by atoms with Gasteiger partial charge in [0, 0.05) is 18.3 Å². The molecule has 0 aromatic heterocycles. The Morgan fingerprint density at radius 2 is 1.90 bits per heavy atom. The molecule has 0 saturated carbocycles. The summed E-state index contributed by atoms with van der Waals surface area (Å²) in [7, 11) is 0. The Balaban J connectivity index is 2.81. The van der Waals surface area contributed by atoms with Gasteiger partial charge in [0.15, 0.2) is 0 Å². The second-order valence-corrected chi connectivity index (χ2v) is 6.00. The first-order chi connectivity index (χ1) is 9.16. The van der Waals surface area contributed by atoms with Gasteiger partial charge in [0.25, 0.3) is 0 Å². The number of rotatable bonds is 6. The smallest absolute Gasteiger partial charge is 0.384 e. The third kappa shape index (κ3) is 5.00. The highest BCUT2D eigenvalue weighted by Gasteiger charge is 2.32. The second-order valence-electron chi connectivity index (χ2n) is 5.09. The maximum absolute atomic E-state index is 12.7. The first kappa shape index (κ1) is 17.3. The zero-order valence-corrected chi connectivity index (χ0v) is 12.6. The fourth-order valence-electron chi connectivity index (χ4n) is 1.81. The molecule has 0 aliphatic heterocycles. The molecule has 0 radical (unpaired) electrons. The zero-order chi connectivity index (χ0) is 15.4. The number of halogens is 3. The lowest BCUT2D eigenvalue weighted by atomic mass is 9.94. The lowest BCUT2D eigenvalue weighted by molar-refractivity contribution is -0.137. The molecule has 1 aromatic carbocycles. The summed E-state index contributed by atoms with van der Waals surface area (Å²) >= 11 is 1.67. The summed E-state index contributed by atoms with van der Waals surface area (Å²) in [5.74, 6) is 0.874. The topological polar surface area (TPSA) is 32.3 Å². The quantitative estimate of drug-likeness (QED) is 0.846. The molecule has 0 fully saturated rings. The molecule has 1 rings (SSSR count). The van der Waals surface area contributed by atoms with Gasteiger partial charge in [0.1, 0.15) is 0 Å². The summed E-state index contributed by atoms with van der Waals surface area (Å²) in [6, 6.07) is 5.01. The van der Waals surface area contributed by atoms with Gasteiger partial charge in [-0.1, -0.05) is 12.1 Å². The normalized spacial score (nSPS) is 16.8. The number of hydrogen-bond donors (Lipinski definition) is 2. The third-order valence-corrected chi connectivity index (χ3v) is 3.86. The molecular weight excluding hydrogens is 287 g/mol. The summed E-state index contributed by atoms with van der Waals surface area (Å²) < 4.78 is 38.0. The van der Waals surface area contributed by atoms with Crippen LogP contribution in [-0.2, 0) is 11.8 Å². The van der Waals surface area contributed by atoms with E-state index in [9.17, 15) is 18.3 Å². The monoisotopic (exact) mass is 307 g/mol. The van der Waals surface area contributed by atoms with E-state index >= 15 is 0 Å². The molecule has 2 nitrogen and oxygen atoms in total. The van der Waals surface area contributed by atoms with Crippen molar-refractivity contribution in [1.82, 2.24) is 5.32 Å². The molecule has 0 heterocycles. The van der Waals surface area contributed by atoms with Gasteiger partial charge in [0.05, 0.1) is 11.2 Å². The second kappa shape index (κ2) is 6.83. The summed E-state index contributed by atoms with van der Waals surface area (Å²) in [6.45, 7) is 3.69. The molecular formula is C14H20F3NOS. The van der Waals surface area contributed by atoms with Crippen molar-refractivity contribution in [2.75, 3.05) is 18.6 Å². The largest absolute Gasteiger partial charge is 0.416 e. The minimum Gasteiger partial charge on any atom is -0.384 e. The van der Waals surface area contributed by atoms with Crippen LogP contribution in [0.5, 0.6) is 0 Å². The van der Waals surface area contributed by atoms with Crippen LogP contribution in [0.15, 0.2) is 24.3 Å². The number of hydrogen-bond acceptors (Lipinski definition) is 3. The van der Waals surface area contributed by atoms with Gasteiger partial charge in [-0.3, -0.25) is 0 Å². The number of aliphatic hydroxyl groups is 1. The molecule has 0 aliphatic rings. The Hall–Kier alpha value is -0.720. The number of nitrogens with one attached hydrogen (secondary N) is 1. The maximum Gasteiger partial charge on any atom is 0.416 e. The van der Waals surface area contributed by atoms with E-state index in [0.29, 0.717) is 0 Å².